The Morgan fingerprint density at radius 1 is 1.32 bits per heavy atom. The van der Waals surface area contributed by atoms with Crippen molar-refractivity contribution < 1.29 is 9.53 Å². The molecule has 0 aliphatic rings. The molecule has 0 bridgehead atoms. The van der Waals surface area contributed by atoms with Crippen molar-refractivity contribution in [3.8, 4) is 5.75 Å². The molecule has 0 fully saturated rings. The Bertz CT molecular complexity index is 444. The van der Waals surface area contributed by atoms with E-state index in [1.54, 1.807) is 0 Å². The number of aryl methyl sites for hydroxylation is 2. The summed E-state index contributed by atoms with van der Waals surface area (Å²) in [6.45, 7) is 8.68. The fraction of sp³-hybridized carbons (Fsp3) is 0.533. The highest BCUT2D eigenvalue weighted by molar-refractivity contribution is 6.19. The van der Waals surface area contributed by atoms with Crippen LogP contribution in [0.1, 0.15) is 25.0 Å². The number of halogens is 1. The molecule has 1 amide bonds. The summed E-state index contributed by atoms with van der Waals surface area (Å²) in [6.07, 6.45) is 0. The van der Waals surface area contributed by atoms with Gasteiger partial charge in [-0.05, 0) is 51.0 Å². The minimum Gasteiger partial charge on any atom is -0.492 e. The van der Waals surface area contributed by atoms with Crippen LogP contribution in [0.3, 0.4) is 0 Å². The number of amides is 1. The maximum absolute atomic E-state index is 11.8. The monoisotopic (exact) mass is 283 g/mol. The van der Waals surface area contributed by atoms with Gasteiger partial charge in [0, 0.05) is 5.88 Å². The van der Waals surface area contributed by atoms with Crippen LogP contribution in [0.15, 0.2) is 18.2 Å². The van der Waals surface area contributed by atoms with E-state index in [0.717, 1.165) is 5.75 Å². The van der Waals surface area contributed by atoms with Gasteiger partial charge in [0.25, 0.3) is 0 Å². The van der Waals surface area contributed by atoms with Crippen LogP contribution >= 0.6 is 11.6 Å². The van der Waals surface area contributed by atoms with Crippen LogP contribution in [-0.4, -0.2) is 24.9 Å². The number of benzene rings is 1. The molecule has 0 saturated heterocycles. The molecule has 0 unspecified atom stereocenters. The average molecular weight is 284 g/mol. The quantitative estimate of drug-likeness (QED) is 0.644. The molecule has 3 nitrogen and oxygen atoms in total. The first-order valence-electron chi connectivity index (χ1n) is 6.41. The topological polar surface area (TPSA) is 38.3 Å². The zero-order valence-electron chi connectivity index (χ0n) is 12.0. The van der Waals surface area contributed by atoms with Gasteiger partial charge >= 0.3 is 0 Å². The molecule has 0 spiro atoms. The normalized spacial score (nSPS) is 11.2. The van der Waals surface area contributed by atoms with Crippen LogP contribution in [0.5, 0.6) is 5.75 Å². The number of rotatable bonds is 6. The Balaban J connectivity index is 2.35. The zero-order chi connectivity index (χ0) is 14.5. The van der Waals surface area contributed by atoms with E-state index < -0.39 is 5.41 Å². The molecule has 0 aliphatic heterocycles. The van der Waals surface area contributed by atoms with Gasteiger partial charge in [-0.25, -0.2) is 0 Å². The van der Waals surface area contributed by atoms with Gasteiger partial charge in [0.1, 0.15) is 12.4 Å². The first-order chi connectivity index (χ1) is 8.86. The number of alkyl halides is 1. The number of nitrogens with one attached hydrogen (secondary N) is 1. The molecule has 1 rings (SSSR count). The van der Waals surface area contributed by atoms with E-state index in [-0.39, 0.29) is 5.91 Å². The fourth-order valence-corrected chi connectivity index (χ4v) is 1.56. The molecule has 1 aromatic rings. The number of hydrogen-bond acceptors (Lipinski definition) is 2. The van der Waals surface area contributed by atoms with Crippen molar-refractivity contribution in [2.75, 3.05) is 19.0 Å². The average Bonchev–Trinajstić information content (AvgIpc) is 2.38. The Labute approximate surface area is 120 Å². The fourth-order valence-electron chi connectivity index (χ4n) is 1.44. The Morgan fingerprint density at radius 2 is 2.00 bits per heavy atom. The minimum atomic E-state index is -0.540. The summed E-state index contributed by atoms with van der Waals surface area (Å²) in [4.78, 5) is 11.8. The van der Waals surface area contributed by atoms with Crippen LogP contribution in [0.2, 0.25) is 0 Å². The predicted molar refractivity (Wildman–Crippen MR) is 78.9 cm³/mol. The van der Waals surface area contributed by atoms with E-state index in [9.17, 15) is 4.79 Å². The number of ether oxygens (including phenoxy) is 1. The Morgan fingerprint density at radius 3 is 2.58 bits per heavy atom. The van der Waals surface area contributed by atoms with Crippen molar-refractivity contribution >= 4 is 17.5 Å². The first kappa shape index (κ1) is 15.8. The van der Waals surface area contributed by atoms with Gasteiger partial charge in [-0.1, -0.05) is 6.07 Å². The van der Waals surface area contributed by atoms with Crippen molar-refractivity contribution in [2.45, 2.75) is 27.7 Å². The van der Waals surface area contributed by atoms with Crippen molar-refractivity contribution in [3.63, 3.8) is 0 Å². The third-order valence-electron chi connectivity index (χ3n) is 3.08. The molecule has 0 heterocycles. The van der Waals surface area contributed by atoms with Crippen molar-refractivity contribution in [1.82, 2.24) is 5.32 Å². The number of carbonyl (C=O) groups is 1. The van der Waals surface area contributed by atoms with E-state index >= 15 is 0 Å². The lowest BCUT2D eigenvalue weighted by Gasteiger charge is -2.20. The maximum Gasteiger partial charge on any atom is 0.226 e. The summed E-state index contributed by atoms with van der Waals surface area (Å²) >= 11 is 5.74. The highest BCUT2D eigenvalue weighted by Gasteiger charge is 2.25. The number of carbonyl (C=O) groups excluding carboxylic acids is 1. The van der Waals surface area contributed by atoms with Crippen LogP contribution in [0, 0.1) is 19.3 Å². The largest absolute Gasteiger partial charge is 0.492 e. The molecule has 0 aromatic heterocycles. The van der Waals surface area contributed by atoms with E-state index in [1.165, 1.54) is 11.1 Å². The lowest BCUT2D eigenvalue weighted by Crippen LogP contribution is -2.39. The molecule has 0 aliphatic carbocycles. The van der Waals surface area contributed by atoms with Gasteiger partial charge in [0.15, 0.2) is 0 Å². The second-order valence-electron chi connectivity index (χ2n) is 5.37. The number of hydrogen-bond donors (Lipinski definition) is 1. The summed E-state index contributed by atoms with van der Waals surface area (Å²) in [5, 5.41) is 2.82. The van der Waals surface area contributed by atoms with Gasteiger partial charge < -0.3 is 10.1 Å². The summed E-state index contributed by atoms with van der Waals surface area (Å²) in [7, 11) is 0. The highest BCUT2D eigenvalue weighted by Crippen LogP contribution is 2.17. The summed E-state index contributed by atoms with van der Waals surface area (Å²) in [6, 6.07) is 5.96. The first-order valence-corrected chi connectivity index (χ1v) is 6.94. The molecule has 0 atom stereocenters. The van der Waals surface area contributed by atoms with Crippen LogP contribution in [0.25, 0.3) is 0 Å². The van der Waals surface area contributed by atoms with Gasteiger partial charge in [-0.2, -0.15) is 0 Å². The molecule has 0 radical (unpaired) electrons. The van der Waals surface area contributed by atoms with Crippen molar-refractivity contribution in [2.24, 2.45) is 5.41 Å². The van der Waals surface area contributed by atoms with Gasteiger partial charge in [-0.3, -0.25) is 4.79 Å². The molecule has 4 heteroatoms. The third kappa shape index (κ3) is 4.75. The van der Waals surface area contributed by atoms with E-state index in [1.807, 2.05) is 39.0 Å². The standard InChI is InChI=1S/C15H22ClNO2/c1-11-5-6-13(9-12(11)2)19-8-7-17-14(18)15(3,4)10-16/h5-6,9H,7-8,10H2,1-4H3,(H,17,18). The van der Waals surface area contributed by atoms with Gasteiger partial charge in [0.2, 0.25) is 5.91 Å². The lowest BCUT2D eigenvalue weighted by molar-refractivity contribution is -0.128. The summed E-state index contributed by atoms with van der Waals surface area (Å²) in [5.41, 5.74) is 1.90. The molecule has 1 N–H and O–H groups in total. The Kier molecular flexibility index (Phi) is 5.67. The van der Waals surface area contributed by atoms with Crippen molar-refractivity contribution in [3.05, 3.63) is 29.3 Å². The second kappa shape index (κ2) is 6.80. The Hall–Kier alpha value is -1.22. The highest BCUT2D eigenvalue weighted by atomic mass is 35.5. The van der Waals surface area contributed by atoms with Crippen LogP contribution in [0.4, 0.5) is 0 Å². The van der Waals surface area contributed by atoms with Gasteiger partial charge in [0.05, 0.1) is 12.0 Å². The smallest absolute Gasteiger partial charge is 0.226 e. The molecular formula is C15H22ClNO2. The molecular weight excluding hydrogens is 262 g/mol. The summed E-state index contributed by atoms with van der Waals surface area (Å²) < 4.78 is 5.59. The second-order valence-corrected chi connectivity index (χ2v) is 5.64. The van der Waals surface area contributed by atoms with Crippen molar-refractivity contribution in [1.29, 1.82) is 0 Å². The van der Waals surface area contributed by atoms with E-state index in [2.05, 4.69) is 12.2 Å². The van der Waals surface area contributed by atoms with E-state index in [4.69, 9.17) is 16.3 Å². The van der Waals surface area contributed by atoms with Crippen LogP contribution < -0.4 is 10.1 Å². The van der Waals surface area contributed by atoms with Gasteiger partial charge in [-0.15, -0.1) is 11.6 Å². The predicted octanol–water partition coefficient (Wildman–Crippen LogP) is 3.06. The van der Waals surface area contributed by atoms with E-state index in [0.29, 0.717) is 19.0 Å². The maximum atomic E-state index is 11.8. The lowest BCUT2D eigenvalue weighted by atomic mass is 9.95. The molecule has 1 aromatic carbocycles. The SMILES string of the molecule is Cc1ccc(OCCNC(=O)C(C)(C)CCl)cc1C. The minimum absolute atomic E-state index is 0.0498. The summed E-state index contributed by atoms with van der Waals surface area (Å²) in [5.74, 6) is 1.08. The molecule has 106 valence electrons. The molecule has 19 heavy (non-hydrogen) atoms. The molecule has 0 saturated carbocycles. The van der Waals surface area contributed by atoms with Crippen LogP contribution in [-0.2, 0) is 4.79 Å². The zero-order valence-corrected chi connectivity index (χ0v) is 12.8. The third-order valence-corrected chi connectivity index (χ3v) is 3.75.